The normalized spacial score (nSPS) is 10.9. The zero-order chi connectivity index (χ0) is 11.8. The van der Waals surface area contributed by atoms with Gasteiger partial charge in [-0.05, 0) is 18.2 Å². The molecular weight excluding hydrogens is 221 g/mol. The summed E-state index contributed by atoms with van der Waals surface area (Å²) >= 11 is 0. The Kier molecular flexibility index (Phi) is 2.01. The number of nitrogens with zero attached hydrogens (tertiary/aromatic N) is 4. The van der Waals surface area contributed by atoms with E-state index in [1.807, 2.05) is 0 Å². The first-order chi connectivity index (χ1) is 8.25. The molecule has 84 valence electrons. The summed E-state index contributed by atoms with van der Waals surface area (Å²) in [5.74, 6) is -0.00552. The van der Waals surface area contributed by atoms with Gasteiger partial charge >= 0.3 is 0 Å². The second kappa shape index (κ2) is 3.51. The Morgan fingerprint density at radius 2 is 2.12 bits per heavy atom. The quantitative estimate of drug-likeness (QED) is 0.686. The van der Waals surface area contributed by atoms with E-state index in [2.05, 4.69) is 15.0 Å². The maximum absolute atomic E-state index is 13.1. The Morgan fingerprint density at radius 3 is 2.88 bits per heavy atom. The van der Waals surface area contributed by atoms with Gasteiger partial charge in [0.25, 0.3) is 0 Å². The van der Waals surface area contributed by atoms with Gasteiger partial charge in [0, 0.05) is 12.4 Å². The van der Waals surface area contributed by atoms with E-state index >= 15 is 0 Å². The van der Waals surface area contributed by atoms with E-state index in [0.29, 0.717) is 22.9 Å². The first kappa shape index (κ1) is 9.71. The molecule has 3 aromatic heterocycles. The smallest absolute Gasteiger partial charge is 0.140 e. The second-order valence-corrected chi connectivity index (χ2v) is 3.52. The highest BCUT2D eigenvalue weighted by Crippen LogP contribution is 2.24. The molecule has 3 heterocycles. The summed E-state index contributed by atoms with van der Waals surface area (Å²) in [4.78, 5) is 12.2. The van der Waals surface area contributed by atoms with Crippen LogP contribution in [0.5, 0.6) is 0 Å². The summed E-state index contributed by atoms with van der Waals surface area (Å²) < 4.78 is 14.6. The van der Waals surface area contributed by atoms with Gasteiger partial charge in [-0.3, -0.25) is 4.40 Å². The predicted molar refractivity (Wildman–Crippen MR) is 60.6 cm³/mol. The maximum atomic E-state index is 13.1. The monoisotopic (exact) mass is 229 g/mol. The minimum atomic E-state index is -0.365. The van der Waals surface area contributed by atoms with Crippen molar-refractivity contribution in [3.05, 3.63) is 42.7 Å². The van der Waals surface area contributed by atoms with E-state index in [1.54, 1.807) is 18.3 Å². The van der Waals surface area contributed by atoms with Crippen molar-refractivity contribution in [2.45, 2.75) is 0 Å². The molecule has 0 atom stereocenters. The number of anilines is 1. The molecule has 2 N–H and O–H groups in total. The molecule has 3 aromatic rings. The highest BCUT2D eigenvalue weighted by Gasteiger charge is 2.12. The van der Waals surface area contributed by atoms with Gasteiger partial charge in [-0.25, -0.2) is 19.3 Å². The molecule has 0 aliphatic rings. The molecule has 0 saturated heterocycles. The van der Waals surface area contributed by atoms with Crippen molar-refractivity contribution in [3.8, 4) is 11.4 Å². The van der Waals surface area contributed by atoms with Crippen molar-refractivity contribution in [1.82, 2.24) is 19.4 Å². The average Bonchev–Trinajstić information content (AvgIpc) is 2.68. The summed E-state index contributed by atoms with van der Waals surface area (Å²) in [6.45, 7) is 0. The van der Waals surface area contributed by atoms with Crippen LogP contribution in [0.4, 0.5) is 10.2 Å². The van der Waals surface area contributed by atoms with Gasteiger partial charge < -0.3 is 5.73 Å². The number of nitrogens with two attached hydrogens (primary N) is 1. The molecule has 0 aliphatic carbocycles. The van der Waals surface area contributed by atoms with Gasteiger partial charge in [0.05, 0.1) is 5.69 Å². The van der Waals surface area contributed by atoms with Gasteiger partial charge in [0.1, 0.15) is 29.3 Å². The van der Waals surface area contributed by atoms with Crippen LogP contribution in [0.1, 0.15) is 0 Å². The third kappa shape index (κ3) is 1.50. The molecule has 0 saturated carbocycles. The van der Waals surface area contributed by atoms with Crippen LogP contribution in [0.2, 0.25) is 0 Å². The van der Waals surface area contributed by atoms with Crippen LogP contribution in [0.15, 0.2) is 36.9 Å². The van der Waals surface area contributed by atoms with Gasteiger partial charge in [-0.15, -0.1) is 0 Å². The summed E-state index contributed by atoms with van der Waals surface area (Å²) in [7, 11) is 0. The van der Waals surface area contributed by atoms with E-state index in [-0.39, 0.29) is 5.82 Å². The Labute approximate surface area is 95.8 Å². The Balaban J connectivity index is 2.28. The maximum Gasteiger partial charge on any atom is 0.140 e. The van der Waals surface area contributed by atoms with Gasteiger partial charge in [-0.2, -0.15) is 0 Å². The molecule has 0 radical (unpaired) electrons. The number of imidazole rings is 1. The van der Waals surface area contributed by atoms with Crippen LogP contribution in [0, 0.1) is 5.82 Å². The van der Waals surface area contributed by atoms with E-state index < -0.39 is 0 Å². The lowest BCUT2D eigenvalue weighted by Gasteiger charge is -1.97. The van der Waals surface area contributed by atoms with Crippen molar-refractivity contribution in [3.63, 3.8) is 0 Å². The molecule has 0 fully saturated rings. The van der Waals surface area contributed by atoms with Gasteiger partial charge in [0.2, 0.25) is 0 Å². The standard InChI is InChI=1S/C11H8FN5/c12-7-1-2-9-16-10(11(13)17(9)5-7)8-3-4-14-6-15-8/h1-6H,13H2. The Morgan fingerprint density at radius 1 is 1.24 bits per heavy atom. The summed E-state index contributed by atoms with van der Waals surface area (Å²) in [6.07, 6.45) is 4.31. The molecule has 0 aliphatic heterocycles. The van der Waals surface area contributed by atoms with Gasteiger partial charge in [0.15, 0.2) is 0 Å². The third-order valence-corrected chi connectivity index (χ3v) is 2.44. The minimum Gasteiger partial charge on any atom is -0.383 e. The number of hydrogen-bond donors (Lipinski definition) is 1. The van der Waals surface area contributed by atoms with E-state index in [0.717, 1.165) is 0 Å². The lowest BCUT2D eigenvalue weighted by atomic mass is 10.3. The fourth-order valence-electron chi connectivity index (χ4n) is 1.66. The highest BCUT2D eigenvalue weighted by molar-refractivity contribution is 5.72. The van der Waals surface area contributed by atoms with Crippen molar-refractivity contribution in [1.29, 1.82) is 0 Å². The highest BCUT2D eigenvalue weighted by atomic mass is 19.1. The van der Waals surface area contributed by atoms with Crippen LogP contribution >= 0.6 is 0 Å². The molecule has 5 nitrogen and oxygen atoms in total. The van der Waals surface area contributed by atoms with Crippen molar-refractivity contribution < 1.29 is 4.39 Å². The van der Waals surface area contributed by atoms with Gasteiger partial charge in [-0.1, -0.05) is 0 Å². The summed E-state index contributed by atoms with van der Waals surface area (Å²) in [5.41, 5.74) is 7.63. The first-order valence-corrected chi connectivity index (χ1v) is 4.95. The van der Waals surface area contributed by atoms with E-state index in [4.69, 9.17) is 5.73 Å². The Bertz CT molecular complexity index is 677. The average molecular weight is 229 g/mol. The second-order valence-electron chi connectivity index (χ2n) is 3.52. The lowest BCUT2D eigenvalue weighted by Crippen LogP contribution is -1.95. The van der Waals surface area contributed by atoms with Crippen molar-refractivity contribution in [2.75, 3.05) is 5.73 Å². The minimum absolute atomic E-state index is 0.359. The molecule has 0 amide bonds. The number of halogens is 1. The number of hydrogen-bond acceptors (Lipinski definition) is 4. The molecule has 3 rings (SSSR count). The number of aromatic nitrogens is 4. The largest absolute Gasteiger partial charge is 0.383 e. The fourth-order valence-corrected chi connectivity index (χ4v) is 1.66. The third-order valence-electron chi connectivity index (χ3n) is 2.44. The zero-order valence-corrected chi connectivity index (χ0v) is 8.71. The van der Waals surface area contributed by atoms with E-state index in [9.17, 15) is 4.39 Å². The number of nitrogen functional groups attached to an aromatic ring is 1. The SMILES string of the molecule is Nc1c(-c2ccncn2)nc2ccc(F)cn12. The lowest BCUT2D eigenvalue weighted by molar-refractivity contribution is 0.619. The molecule has 0 spiro atoms. The molecule has 6 heteroatoms. The van der Waals surface area contributed by atoms with E-state index in [1.165, 1.54) is 23.0 Å². The van der Waals surface area contributed by atoms with Crippen LogP contribution in [-0.2, 0) is 0 Å². The van der Waals surface area contributed by atoms with Crippen molar-refractivity contribution >= 4 is 11.5 Å². The Hall–Kier alpha value is -2.50. The van der Waals surface area contributed by atoms with Crippen molar-refractivity contribution in [2.24, 2.45) is 0 Å². The molecule has 0 aromatic carbocycles. The molecular formula is C11H8FN5. The number of rotatable bonds is 1. The number of fused-ring (bicyclic) bond motifs is 1. The summed E-state index contributed by atoms with van der Waals surface area (Å²) in [6, 6.07) is 4.61. The zero-order valence-electron chi connectivity index (χ0n) is 8.71. The topological polar surface area (TPSA) is 69.1 Å². The predicted octanol–water partition coefficient (Wildman–Crippen LogP) is 1.51. The first-order valence-electron chi connectivity index (χ1n) is 4.95. The van der Waals surface area contributed by atoms with Crippen LogP contribution in [-0.4, -0.2) is 19.4 Å². The molecule has 0 unspecified atom stereocenters. The molecule has 17 heavy (non-hydrogen) atoms. The summed E-state index contributed by atoms with van der Waals surface area (Å²) in [5, 5.41) is 0. The fraction of sp³-hybridized carbons (Fsp3) is 0. The van der Waals surface area contributed by atoms with Crippen LogP contribution < -0.4 is 5.73 Å². The molecule has 0 bridgehead atoms. The van der Waals surface area contributed by atoms with Crippen LogP contribution in [0.25, 0.3) is 17.0 Å². The van der Waals surface area contributed by atoms with Crippen LogP contribution in [0.3, 0.4) is 0 Å². The number of pyridine rings is 1.